The number of sulfonamides is 1. The van der Waals surface area contributed by atoms with Crippen molar-refractivity contribution in [3.8, 4) is 0 Å². The molecule has 2 aliphatic rings. The van der Waals surface area contributed by atoms with E-state index in [2.05, 4.69) is 0 Å². The molecule has 10 heteroatoms. The molecule has 0 N–H and O–H groups in total. The third kappa shape index (κ3) is 2.98. The maximum Gasteiger partial charge on any atom is 0.281 e. The van der Waals surface area contributed by atoms with Gasteiger partial charge in [-0.25, -0.2) is 8.42 Å². The first-order valence-electron chi connectivity index (χ1n) is 7.60. The van der Waals surface area contributed by atoms with Crippen molar-refractivity contribution >= 4 is 20.2 Å². The molecule has 2 atom stereocenters. The highest BCUT2D eigenvalue weighted by molar-refractivity contribution is 7.89. The third-order valence-electron chi connectivity index (χ3n) is 4.36. The van der Waals surface area contributed by atoms with E-state index in [1.807, 2.05) is 0 Å². The maximum absolute atomic E-state index is 12.8. The molecule has 3 rings (SSSR count). The van der Waals surface area contributed by atoms with Crippen LogP contribution in [0.15, 0.2) is 35.2 Å². The van der Waals surface area contributed by atoms with Gasteiger partial charge >= 0.3 is 0 Å². The number of fused-ring (bicyclic) bond motifs is 1. The van der Waals surface area contributed by atoms with Crippen molar-refractivity contribution in [2.75, 3.05) is 40.3 Å². The minimum atomic E-state index is -3.67. The molecule has 2 aliphatic heterocycles. The number of hydrogen-bond donors (Lipinski definition) is 0. The number of nitrogens with zero attached hydrogens (tertiary/aromatic N) is 3. The fourth-order valence-corrected chi connectivity index (χ4v) is 5.82. The molecule has 0 amide bonds. The summed E-state index contributed by atoms with van der Waals surface area (Å²) in [7, 11) is -4.36. The van der Waals surface area contributed by atoms with Gasteiger partial charge in [-0.1, -0.05) is 18.2 Å². The zero-order valence-corrected chi connectivity index (χ0v) is 15.2. The van der Waals surface area contributed by atoms with E-state index in [0.29, 0.717) is 0 Å². The Kier molecular flexibility index (Phi) is 4.71. The molecule has 0 aliphatic carbocycles. The zero-order valence-electron chi connectivity index (χ0n) is 13.6. The molecule has 0 aromatic heterocycles. The summed E-state index contributed by atoms with van der Waals surface area (Å²) in [5.74, 6) is 0. The minimum absolute atomic E-state index is 0.0922. The highest BCUT2D eigenvalue weighted by atomic mass is 32.2. The van der Waals surface area contributed by atoms with E-state index in [0.717, 1.165) is 4.31 Å². The lowest BCUT2D eigenvalue weighted by Gasteiger charge is -2.37. The van der Waals surface area contributed by atoms with Crippen LogP contribution in [0.3, 0.4) is 0 Å². The van der Waals surface area contributed by atoms with Gasteiger partial charge in [0.2, 0.25) is 10.0 Å². The third-order valence-corrected chi connectivity index (χ3v) is 8.17. The van der Waals surface area contributed by atoms with E-state index in [1.54, 1.807) is 18.2 Å². The van der Waals surface area contributed by atoms with Gasteiger partial charge in [0.15, 0.2) is 0 Å². The van der Waals surface area contributed by atoms with E-state index >= 15 is 0 Å². The highest BCUT2D eigenvalue weighted by Gasteiger charge is 2.48. The lowest BCUT2D eigenvalue weighted by atomic mass is 10.2. The van der Waals surface area contributed by atoms with Crippen LogP contribution in [0.1, 0.15) is 0 Å². The predicted molar refractivity (Wildman–Crippen MR) is 88.0 cm³/mol. The van der Waals surface area contributed by atoms with Crippen LogP contribution in [0.2, 0.25) is 0 Å². The topological polar surface area (TPSA) is 87.2 Å². The molecule has 8 nitrogen and oxygen atoms in total. The summed E-state index contributed by atoms with van der Waals surface area (Å²) in [4.78, 5) is 0.200. The molecule has 2 fully saturated rings. The Hall–Kier alpha value is -1.04. The second-order valence-corrected chi connectivity index (χ2v) is 10.0. The Bertz CT molecular complexity index is 795. The molecule has 24 heavy (non-hydrogen) atoms. The lowest BCUT2D eigenvalue weighted by Crippen LogP contribution is -2.55. The van der Waals surface area contributed by atoms with Crippen molar-refractivity contribution in [2.45, 2.75) is 17.0 Å². The van der Waals surface area contributed by atoms with Gasteiger partial charge in [0, 0.05) is 33.7 Å². The van der Waals surface area contributed by atoms with Crippen molar-refractivity contribution in [1.29, 1.82) is 0 Å². The van der Waals surface area contributed by atoms with Crippen LogP contribution in [0.25, 0.3) is 0 Å². The summed E-state index contributed by atoms with van der Waals surface area (Å²) in [6.07, 6.45) is -0.452. The average Bonchev–Trinajstić information content (AvgIpc) is 3.00. The smallest absolute Gasteiger partial charge is 0.281 e. The van der Waals surface area contributed by atoms with Gasteiger partial charge in [0.25, 0.3) is 10.2 Å². The number of morpholine rings is 1. The summed E-state index contributed by atoms with van der Waals surface area (Å²) in [5, 5.41) is 0. The first-order valence-corrected chi connectivity index (χ1v) is 10.4. The Morgan fingerprint density at radius 3 is 2.38 bits per heavy atom. The average molecular weight is 375 g/mol. The molecule has 2 heterocycles. The molecule has 2 saturated heterocycles. The van der Waals surface area contributed by atoms with Gasteiger partial charge in [-0.05, 0) is 12.1 Å². The number of hydrogen-bond acceptors (Lipinski definition) is 5. The fourth-order valence-electron chi connectivity index (χ4n) is 3.06. The van der Waals surface area contributed by atoms with E-state index in [1.165, 1.54) is 34.8 Å². The number of ether oxygens (including phenoxy) is 1. The summed E-state index contributed by atoms with van der Waals surface area (Å²) in [5.41, 5.74) is 0. The Morgan fingerprint density at radius 1 is 1.08 bits per heavy atom. The van der Waals surface area contributed by atoms with Gasteiger partial charge in [-0.15, -0.1) is 0 Å². The zero-order chi connectivity index (χ0) is 17.5. The summed E-state index contributed by atoms with van der Waals surface area (Å²) < 4.78 is 59.9. The molecule has 1 aromatic rings. The molecule has 0 radical (unpaired) electrons. The van der Waals surface area contributed by atoms with Crippen LogP contribution in [0, 0.1) is 0 Å². The lowest BCUT2D eigenvalue weighted by molar-refractivity contribution is -0.0169. The Labute approximate surface area is 142 Å². The normalized spacial score (nSPS) is 26.6. The first kappa shape index (κ1) is 17.8. The van der Waals surface area contributed by atoms with Gasteiger partial charge in [-0.3, -0.25) is 0 Å². The molecule has 0 spiro atoms. The molecular formula is C14H21N3O5S2. The van der Waals surface area contributed by atoms with Crippen LogP contribution in [-0.4, -0.2) is 82.2 Å². The van der Waals surface area contributed by atoms with Crippen LogP contribution in [0.5, 0.6) is 0 Å². The summed E-state index contributed by atoms with van der Waals surface area (Å²) >= 11 is 0. The second-order valence-electron chi connectivity index (χ2n) is 6.01. The number of benzene rings is 1. The highest BCUT2D eigenvalue weighted by Crippen LogP contribution is 2.29. The van der Waals surface area contributed by atoms with Crippen LogP contribution < -0.4 is 0 Å². The maximum atomic E-state index is 12.8. The van der Waals surface area contributed by atoms with Gasteiger partial charge in [0.1, 0.15) is 0 Å². The molecule has 0 unspecified atom stereocenters. The van der Waals surface area contributed by atoms with Gasteiger partial charge in [0.05, 0.1) is 23.6 Å². The van der Waals surface area contributed by atoms with Gasteiger partial charge in [-0.2, -0.15) is 21.3 Å². The van der Waals surface area contributed by atoms with Crippen LogP contribution in [-0.2, 0) is 25.0 Å². The standard InChI is InChI=1S/C14H21N3O5S2/c1-15(2)24(20,21)17-8-9-22-14-11-16(10-13(14)17)23(18,19)12-6-4-3-5-7-12/h3-7,13-14H,8-11H2,1-2H3/t13-,14+/m0/s1. The molecule has 1 aromatic carbocycles. The second kappa shape index (κ2) is 6.36. The largest absolute Gasteiger partial charge is 0.374 e. The first-order chi connectivity index (χ1) is 11.2. The monoisotopic (exact) mass is 375 g/mol. The quantitative estimate of drug-likeness (QED) is 0.712. The Balaban J connectivity index is 1.88. The van der Waals surface area contributed by atoms with Crippen molar-refractivity contribution < 1.29 is 21.6 Å². The minimum Gasteiger partial charge on any atom is -0.374 e. The van der Waals surface area contributed by atoms with Crippen molar-refractivity contribution in [2.24, 2.45) is 0 Å². The van der Waals surface area contributed by atoms with Crippen molar-refractivity contribution in [1.82, 2.24) is 12.9 Å². The predicted octanol–water partition coefficient (Wildman–Crippen LogP) is -0.433. The molecule has 134 valence electrons. The Morgan fingerprint density at radius 2 is 1.75 bits per heavy atom. The molecule has 0 bridgehead atoms. The van der Waals surface area contributed by atoms with E-state index in [4.69, 9.17) is 4.74 Å². The molecular weight excluding hydrogens is 354 g/mol. The number of rotatable bonds is 4. The van der Waals surface area contributed by atoms with E-state index < -0.39 is 32.4 Å². The van der Waals surface area contributed by atoms with E-state index in [9.17, 15) is 16.8 Å². The van der Waals surface area contributed by atoms with Crippen LogP contribution in [0.4, 0.5) is 0 Å². The van der Waals surface area contributed by atoms with Gasteiger partial charge < -0.3 is 4.74 Å². The SMILES string of the molecule is CN(C)S(=O)(=O)N1CCO[C@@H]2CN(S(=O)(=O)c3ccccc3)C[C@@H]21. The van der Waals surface area contributed by atoms with Crippen molar-refractivity contribution in [3.63, 3.8) is 0 Å². The van der Waals surface area contributed by atoms with Crippen molar-refractivity contribution in [3.05, 3.63) is 30.3 Å². The fraction of sp³-hybridized carbons (Fsp3) is 0.571. The summed E-state index contributed by atoms with van der Waals surface area (Å²) in [6, 6.07) is 7.63. The summed E-state index contributed by atoms with van der Waals surface area (Å²) in [6.45, 7) is 0.727. The van der Waals surface area contributed by atoms with Crippen LogP contribution >= 0.6 is 0 Å². The molecule has 0 saturated carbocycles. The van der Waals surface area contributed by atoms with E-state index in [-0.39, 0.29) is 31.1 Å².